The molecule has 186 valence electrons. The molecule has 12 heteroatoms. The molecule has 0 aliphatic rings. The highest BCUT2D eigenvalue weighted by Crippen LogP contribution is 2.34. The van der Waals surface area contributed by atoms with Gasteiger partial charge < -0.3 is 20.9 Å². The van der Waals surface area contributed by atoms with Gasteiger partial charge in [-0.1, -0.05) is 18.2 Å². The van der Waals surface area contributed by atoms with Gasteiger partial charge in [-0.05, 0) is 83.9 Å². The van der Waals surface area contributed by atoms with Gasteiger partial charge in [0.1, 0.15) is 27.9 Å². The van der Waals surface area contributed by atoms with Crippen molar-refractivity contribution in [3.63, 3.8) is 0 Å². The minimum absolute atomic E-state index is 0.00401. The largest absolute Gasteiger partial charge is 0.457 e. The van der Waals surface area contributed by atoms with Crippen LogP contribution >= 0.6 is 0 Å². The summed E-state index contributed by atoms with van der Waals surface area (Å²) in [7, 11) is -7.64. The van der Waals surface area contributed by atoms with Crippen molar-refractivity contribution in [2.45, 2.75) is 4.90 Å². The van der Waals surface area contributed by atoms with Crippen LogP contribution in [0.2, 0.25) is 0 Å². The summed E-state index contributed by atoms with van der Waals surface area (Å²) < 4.78 is 70.5. The molecule has 0 aliphatic heterocycles. The van der Waals surface area contributed by atoms with Crippen LogP contribution in [0.5, 0.6) is 23.0 Å². The van der Waals surface area contributed by atoms with Gasteiger partial charge in [-0.25, -0.2) is 0 Å². The molecular formula is C24H20N2O8S2. The van der Waals surface area contributed by atoms with Crippen molar-refractivity contribution < 1.29 is 35.1 Å². The van der Waals surface area contributed by atoms with Gasteiger partial charge >= 0.3 is 10.6 Å². The van der Waals surface area contributed by atoms with Gasteiger partial charge in [0.05, 0.1) is 0 Å². The lowest BCUT2D eigenvalue weighted by atomic mass is 10.1. The highest BCUT2D eigenvalue weighted by molar-refractivity contribution is 7.86. The molecule has 0 radical (unpaired) electrons. The first-order valence-corrected chi connectivity index (χ1v) is 12.5. The van der Waals surface area contributed by atoms with Gasteiger partial charge in [0.2, 0.25) is 0 Å². The predicted octanol–water partition coefficient (Wildman–Crippen LogP) is 4.35. The molecule has 0 heterocycles. The normalized spacial score (nSPS) is 10.6. The Morgan fingerprint density at radius 2 is 1.00 bits per heavy atom. The van der Waals surface area contributed by atoms with E-state index in [9.17, 15) is 13.0 Å². The quantitative estimate of drug-likeness (QED) is 0.241. The van der Waals surface area contributed by atoms with Crippen LogP contribution in [-0.4, -0.2) is 25.6 Å². The van der Waals surface area contributed by atoms with E-state index in [4.69, 9.17) is 33.6 Å². The van der Waals surface area contributed by atoms with Crippen molar-refractivity contribution in [1.82, 2.24) is 0 Å². The Morgan fingerprint density at radius 1 is 0.611 bits per heavy atom. The number of nitrogen functional groups attached to an aromatic ring is 2. The van der Waals surface area contributed by atoms with E-state index in [1.54, 1.807) is 78.9 Å². The molecule has 0 bridgehead atoms. The lowest BCUT2D eigenvalue weighted by Gasteiger charge is -2.12. The Hall–Kier alpha value is -4.39. The zero-order chi connectivity index (χ0) is 26.3. The van der Waals surface area contributed by atoms with E-state index in [2.05, 4.69) is 0 Å². The molecule has 0 unspecified atom stereocenters. The number of rotatable bonds is 6. The van der Waals surface area contributed by atoms with Crippen LogP contribution < -0.4 is 20.9 Å². The highest BCUT2D eigenvalue weighted by atomic mass is 32.2. The van der Waals surface area contributed by atoms with Gasteiger partial charge in [-0.15, -0.1) is 12.6 Å². The summed E-state index contributed by atoms with van der Waals surface area (Å²) in [5.74, 6) is 1.65. The predicted molar refractivity (Wildman–Crippen MR) is 133 cm³/mol. The molecule has 0 spiro atoms. The molecule has 5 N–H and O–H groups in total. The fourth-order valence-electron chi connectivity index (χ4n) is 3.02. The van der Waals surface area contributed by atoms with E-state index in [-0.39, 0.29) is 10.6 Å². The summed E-state index contributed by atoms with van der Waals surface area (Å²) in [5, 5.41) is 0. The molecule has 0 aliphatic carbocycles. The molecular weight excluding hydrogens is 508 g/mol. The fourth-order valence-corrected chi connectivity index (χ4v) is 3.66. The summed E-state index contributed by atoms with van der Waals surface area (Å²) in [6.07, 6.45) is 0. The molecule has 0 saturated carbocycles. The van der Waals surface area contributed by atoms with Gasteiger partial charge in [-0.2, -0.15) is 8.42 Å². The maximum Gasteiger partial charge on any atom is 0.425 e. The number of hydrogen-bond acceptors (Lipinski definition) is 9. The Labute approximate surface area is 208 Å². The molecule has 4 rings (SSSR count). The Balaban J connectivity index is 0.000000840. The second-order valence-corrected chi connectivity index (χ2v) is 9.01. The third-order valence-electron chi connectivity index (χ3n) is 4.63. The average Bonchev–Trinajstić information content (AvgIpc) is 2.82. The molecule has 0 atom stereocenters. The summed E-state index contributed by atoms with van der Waals surface area (Å²) in [5.41, 5.74) is 13.8. The SMILES string of the molecule is Nc1ccc(Oc2ccc(-c3ccc(Oc4ccc(N)cc4)c(S(=O)(=O)O)c3)cc2)cc1.O=S(=O)=O. The van der Waals surface area contributed by atoms with Crippen LogP contribution in [0.1, 0.15) is 0 Å². The molecule has 0 fully saturated rings. The Kier molecular flexibility index (Phi) is 8.27. The zero-order valence-electron chi connectivity index (χ0n) is 18.4. The molecule has 4 aromatic rings. The van der Waals surface area contributed by atoms with Crippen LogP contribution in [-0.2, 0) is 20.7 Å². The third-order valence-corrected chi connectivity index (χ3v) is 5.51. The van der Waals surface area contributed by atoms with Gasteiger partial charge in [0, 0.05) is 11.4 Å². The second-order valence-electron chi connectivity index (χ2n) is 7.21. The first kappa shape index (κ1) is 26.2. The lowest BCUT2D eigenvalue weighted by molar-refractivity contribution is 0.450. The topological polar surface area (TPSA) is 176 Å². The van der Waals surface area contributed by atoms with Crippen molar-refractivity contribution >= 4 is 32.1 Å². The van der Waals surface area contributed by atoms with Gasteiger partial charge in [-0.3, -0.25) is 4.55 Å². The van der Waals surface area contributed by atoms with E-state index in [0.717, 1.165) is 5.56 Å². The third kappa shape index (κ3) is 7.56. The van der Waals surface area contributed by atoms with Crippen molar-refractivity contribution in [2.24, 2.45) is 0 Å². The highest BCUT2D eigenvalue weighted by Gasteiger charge is 2.19. The summed E-state index contributed by atoms with van der Waals surface area (Å²) >= 11 is 0. The minimum atomic E-state index is -4.53. The summed E-state index contributed by atoms with van der Waals surface area (Å²) in [4.78, 5) is -0.339. The molecule has 36 heavy (non-hydrogen) atoms. The minimum Gasteiger partial charge on any atom is -0.457 e. The molecule has 0 saturated heterocycles. The smallest absolute Gasteiger partial charge is 0.425 e. The number of anilines is 2. The van der Waals surface area contributed by atoms with Crippen LogP contribution in [0.15, 0.2) is 95.9 Å². The first-order valence-electron chi connectivity index (χ1n) is 10.1. The number of ether oxygens (including phenoxy) is 2. The monoisotopic (exact) mass is 528 g/mol. The zero-order valence-corrected chi connectivity index (χ0v) is 20.1. The van der Waals surface area contributed by atoms with E-state index in [1.807, 2.05) is 0 Å². The molecule has 0 amide bonds. The average molecular weight is 529 g/mol. The second kappa shape index (κ2) is 11.4. The molecule has 0 aromatic heterocycles. The van der Waals surface area contributed by atoms with E-state index < -0.39 is 20.7 Å². The number of benzene rings is 4. The summed E-state index contributed by atoms with van der Waals surface area (Å²) in [6.45, 7) is 0. The van der Waals surface area contributed by atoms with E-state index >= 15 is 0 Å². The van der Waals surface area contributed by atoms with Crippen molar-refractivity contribution in [2.75, 3.05) is 11.5 Å². The Morgan fingerprint density at radius 3 is 1.44 bits per heavy atom. The van der Waals surface area contributed by atoms with Gasteiger partial charge in [0.25, 0.3) is 10.1 Å². The fraction of sp³-hybridized carbons (Fsp3) is 0. The Bertz CT molecular complexity index is 1550. The lowest BCUT2D eigenvalue weighted by Crippen LogP contribution is -2.01. The van der Waals surface area contributed by atoms with Crippen molar-refractivity contribution in [1.29, 1.82) is 0 Å². The first-order chi connectivity index (χ1) is 17.0. The van der Waals surface area contributed by atoms with Crippen molar-refractivity contribution in [3.8, 4) is 34.1 Å². The van der Waals surface area contributed by atoms with Crippen LogP contribution in [0.4, 0.5) is 11.4 Å². The maximum atomic E-state index is 12.0. The number of nitrogens with two attached hydrogens (primary N) is 2. The van der Waals surface area contributed by atoms with Crippen LogP contribution in [0.3, 0.4) is 0 Å². The van der Waals surface area contributed by atoms with Crippen molar-refractivity contribution in [3.05, 3.63) is 91.0 Å². The summed E-state index contributed by atoms with van der Waals surface area (Å²) in [6, 6.07) is 25.2. The maximum absolute atomic E-state index is 12.0. The number of hydrogen-bond donors (Lipinski definition) is 3. The van der Waals surface area contributed by atoms with Crippen LogP contribution in [0.25, 0.3) is 11.1 Å². The van der Waals surface area contributed by atoms with Crippen LogP contribution in [0, 0.1) is 0 Å². The van der Waals surface area contributed by atoms with Gasteiger partial charge in [0.15, 0.2) is 0 Å². The molecule has 10 nitrogen and oxygen atoms in total. The molecule has 4 aromatic carbocycles. The van der Waals surface area contributed by atoms with E-state index in [1.165, 1.54) is 12.1 Å². The van der Waals surface area contributed by atoms with E-state index in [0.29, 0.717) is 34.2 Å². The standard InChI is InChI=1S/C24H20N2O5S.O3S/c25-18-4-10-21(11-5-18)30-20-8-1-16(2-9-20)17-3-14-23(24(15-17)32(27,28)29)31-22-12-6-19(26)7-13-22;1-4(2)3/h1-15H,25-26H2,(H,27,28,29);.